The van der Waals surface area contributed by atoms with Crippen LogP contribution in [-0.2, 0) is 0 Å². The van der Waals surface area contributed by atoms with Gasteiger partial charge in [0.2, 0.25) is 0 Å². The summed E-state index contributed by atoms with van der Waals surface area (Å²) in [6.45, 7) is 15.0. The Hall–Kier alpha value is 0.0249. The molecule has 0 aromatic heterocycles. The molecule has 111 valence electrons. The summed E-state index contributed by atoms with van der Waals surface area (Å²) in [6.07, 6.45) is 11.1. The average molecular weight is 256 g/mol. The predicted molar refractivity (Wildman–Crippen MR) is 89.3 cm³/mol. The highest BCUT2D eigenvalue weighted by Gasteiger charge is 2.24. The summed E-state index contributed by atoms with van der Waals surface area (Å²) < 4.78 is 1.42. The minimum atomic E-state index is 0. The highest BCUT2D eigenvalue weighted by Crippen LogP contribution is 2.16. The minimum Gasteiger partial charge on any atom is -0.324 e. The highest BCUT2D eigenvalue weighted by molar-refractivity contribution is 5.75. The van der Waals surface area contributed by atoms with Crippen molar-refractivity contribution in [2.24, 2.45) is 0 Å². The van der Waals surface area contributed by atoms with Crippen LogP contribution >= 0.6 is 0 Å². The van der Waals surface area contributed by atoms with Gasteiger partial charge in [-0.3, -0.25) is 0 Å². The lowest BCUT2D eigenvalue weighted by atomic mass is 10.1. The van der Waals surface area contributed by atoms with Gasteiger partial charge < -0.3 is 4.48 Å². The van der Waals surface area contributed by atoms with Gasteiger partial charge in [-0.1, -0.05) is 53.4 Å². The fourth-order valence-electron chi connectivity index (χ4n) is 2.64. The monoisotopic (exact) mass is 256 g/mol. The minimum absolute atomic E-state index is 0. The van der Waals surface area contributed by atoms with Crippen LogP contribution in [0, 0.1) is 0 Å². The Labute approximate surface area is 119 Å². The maximum atomic E-state index is 2.33. The second-order valence-electron chi connectivity index (χ2n) is 5.65. The summed E-state index contributed by atoms with van der Waals surface area (Å²) in [6, 6.07) is 0. The molecule has 0 heterocycles. The number of hydrogen-bond acceptors (Lipinski definition) is 0. The molecule has 0 N–H and O–H groups in total. The van der Waals surface area contributed by atoms with Crippen LogP contribution in [-0.4, -0.2) is 39.1 Å². The van der Waals surface area contributed by atoms with Crippen LogP contribution in [0.4, 0.5) is 0 Å². The zero-order valence-electron chi connectivity index (χ0n) is 12.9. The fraction of sp³-hybridized carbons (Fsp3) is 1.00. The van der Waals surface area contributed by atoms with Crippen LogP contribution < -0.4 is 0 Å². The van der Waals surface area contributed by atoms with E-state index >= 15 is 0 Å². The standard InChI is InChI=1S/C16H36N.BH3/c1-5-9-13-17(14-10-6-2,15-11-7-3)16-12-8-4;/h5-16H2,1-4H3;1H3/q+1;-1. The van der Waals surface area contributed by atoms with Gasteiger partial charge in [-0.2, -0.15) is 8.41 Å². The molecule has 1 radical (unpaired) electrons. The van der Waals surface area contributed by atoms with Crippen molar-refractivity contribution in [3.8, 4) is 0 Å². The van der Waals surface area contributed by atoms with Crippen LogP contribution in [0.5, 0.6) is 0 Å². The Morgan fingerprint density at radius 1 is 0.500 bits per heavy atom. The molecule has 0 aliphatic rings. The maximum absolute atomic E-state index is 2.33. The van der Waals surface area contributed by atoms with E-state index in [1.807, 2.05) is 0 Å². The molecule has 0 saturated heterocycles. The quantitative estimate of drug-likeness (QED) is 0.368. The first kappa shape index (κ1) is 20.3. The van der Waals surface area contributed by atoms with Gasteiger partial charge in [0, 0.05) is 0 Å². The average Bonchev–Trinajstić information content (AvgIpc) is 2.37. The number of nitrogens with zero attached hydrogens (tertiary/aromatic N) is 1. The molecule has 2 heteroatoms. The lowest BCUT2D eigenvalue weighted by Crippen LogP contribution is -2.50. The van der Waals surface area contributed by atoms with Crippen molar-refractivity contribution in [1.29, 1.82) is 0 Å². The molecule has 18 heavy (non-hydrogen) atoms. The summed E-state index contributed by atoms with van der Waals surface area (Å²) >= 11 is 0. The van der Waals surface area contributed by atoms with Crippen molar-refractivity contribution in [2.75, 3.05) is 26.2 Å². The summed E-state index contributed by atoms with van der Waals surface area (Å²) in [7, 11) is 0. The van der Waals surface area contributed by atoms with Crippen molar-refractivity contribution < 1.29 is 4.48 Å². The molecule has 0 aliphatic carbocycles. The Bertz CT molecular complexity index is 122. The molecule has 0 bridgehead atoms. The molecule has 0 aromatic carbocycles. The molecule has 0 unspecified atom stereocenters. The first-order chi connectivity index (χ1) is 8.24. The fourth-order valence-corrected chi connectivity index (χ4v) is 2.64. The highest BCUT2D eigenvalue weighted by atomic mass is 15.3. The molecule has 0 amide bonds. The van der Waals surface area contributed by atoms with E-state index in [1.54, 1.807) is 0 Å². The normalized spacial score (nSPS) is 11.3. The van der Waals surface area contributed by atoms with E-state index in [-0.39, 0.29) is 8.41 Å². The van der Waals surface area contributed by atoms with Gasteiger partial charge in [-0.05, 0) is 25.7 Å². The largest absolute Gasteiger partial charge is 0.324 e. The molecule has 0 fully saturated rings. The molecule has 0 saturated carbocycles. The molecule has 0 aromatic rings. The van der Waals surface area contributed by atoms with Crippen molar-refractivity contribution >= 4 is 8.41 Å². The van der Waals surface area contributed by atoms with Gasteiger partial charge >= 0.3 is 0 Å². The van der Waals surface area contributed by atoms with E-state index < -0.39 is 0 Å². The summed E-state index contributed by atoms with van der Waals surface area (Å²) in [5.74, 6) is 0. The van der Waals surface area contributed by atoms with E-state index in [1.165, 1.54) is 82.0 Å². The molecular formula is C16H39BN. The number of rotatable bonds is 12. The zero-order chi connectivity index (χ0) is 13.0. The SMILES string of the molecule is CCCC[N+](CCCC)(CCCC)CCCC.[BH3-]. The second kappa shape index (κ2) is 13.5. The third kappa shape index (κ3) is 9.02. The number of quaternary nitrogens is 1. The van der Waals surface area contributed by atoms with Crippen molar-refractivity contribution in [3.05, 3.63) is 0 Å². The molecule has 0 rings (SSSR count). The van der Waals surface area contributed by atoms with E-state index in [0.29, 0.717) is 0 Å². The summed E-state index contributed by atoms with van der Waals surface area (Å²) in [4.78, 5) is 0. The first-order valence-electron chi connectivity index (χ1n) is 8.09. The van der Waals surface area contributed by atoms with Crippen molar-refractivity contribution in [1.82, 2.24) is 0 Å². The smallest absolute Gasteiger partial charge is 0.0786 e. The van der Waals surface area contributed by atoms with Gasteiger partial charge in [-0.25, -0.2) is 0 Å². The Balaban J connectivity index is 0. The molecule has 0 aliphatic heterocycles. The Kier molecular flexibility index (Phi) is 15.2. The van der Waals surface area contributed by atoms with Crippen molar-refractivity contribution in [2.45, 2.75) is 79.1 Å². The number of unbranched alkanes of at least 4 members (excludes halogenated alkanes) is 4. The number of hydrogen-bond donors (Lipinski definition) is 0. The second-order valence-corrected chi connectivity index (χ2v) is 5.65. The lowest BCUT2D eigenvalue weighted by molar-refractivity contribution is -0.929. The van der Waals surface area contributed by atoms with Gasteiger partial charge in [0.25, 0.3) is 0 Å². The zero-order valence-corrected chi connectivity index (χ0v) is 12.9. The van der Waals surface area contributed by atoms with Crippen LogP contribution in [0.2, 0.25) is 0 Å². The van der Waals surface area contributed by atoms with Crippen molar-refractivity contribution in [3.63, 3.8) is 0 Å². The predicted octanol–water partition coefficient (Wildman–Crippen LogP) is 3.82. The van der Waals surface area contributed by atoms with E-state index in [2.05, 4.69) is 27.7 Å². The topological polar surface area (TPSA) is 0 Å². The van der Waals surface area contributed by atoms with E-state index in [0.717, 1.165) is 0 Å². The van der Waals surface area contributed by atoms with Crippen LogP contribution in [0.15, 0.2) is 0 Å². The summed E-state index contributed by atoms with van der Waals surface area (Å²) in [5.41, 5.74) is 0. The van der Waals surface area contributed by atoms with E-state index in [4.69, 9.17) is 0 Å². The Morgan fingerprint density at radius 2 is 0.722 bits per heavy atom. The van der Waals surface area contributed by atoms with Gasteiger partial charge in [0.05, 0.1) is 26.2 Å². The van der Waals surface area contributed by atoms with E-state index in [9.17, 15) is 0 Å². The molecular weight excluding hydrogens is 217 g/mol. The first-order valence-corrected chi connectivity index (χ1v) is 8.09. The maximum Gasteiger partial charge on any atom is 0.0786 e. The van der Waals surface area contributed by atoms with Crippen LogP contribution in [0.1, 0.15) is 79.1 Å². The molecule has 0 spiro atoms. The lowest BCUT2D eigenvalue weighted by Gasteiger charge is -2.39. The third-order valence-electron chi connectivity index (χ3n) is 3.94. The van der Waals surface area contributed by atoms with Gasteiger partial charge in [0.15, 0.2) is 0 Å². The van der Waals surface area contributed by atoms with Crippen LogP contribution in [0.3, 0.4) is 0 Å². The van der Waals surface area contributed by atoms with Gasteiger partial charge in [-0.15, -0.1) is 0 Å². The molecule has 1 nitrogen and oxygen atoms in total. The third-order valence-corrected chi connectivity index (χ3v) is 3.94. The van der Waals surface area contributed by atoms with Crippen LogP contribution in [0.25, 0.3) is 0 Å². The Morgan fingerprint density at radius 3 is 0.889 bits per heavy atom. The summed E-state index contributed by atoms with van der Waals surface area (Å²) in [5, 5.41) is 0. The molecule has 0 atom stereocenters. The van der Waals surface area contributed by atoms with Gasteiger partial charge in [0.1, 0.15) is 0 Å².